The minimum Gasteiger partial charge on any atom is -0.495 e. The Morgan fingerprint density at radius 3 is 2.63 bits per heavy atom. The number of carbonyl (C=O) groups excluding carboxylic acids is 2. The number of nitrogens with one attached hydrogen (secondary N) is 2. The number of piperidine rings is 1. The maximum absolute atomic E-state index is 12.9. The molecule has 0 spiro atoms. The van der Waals surface area contributed by atoms with Crippen LogP contribution in [0.25, 0.3) is 22.0 Å². The summed E-state index contributed by atoms with van der Waals surface area (Å²) >= 11 is 0. The Bertz CT molecular complexity index is 1450. The maximum atomic E-state index is 12.9. The molecule has 9 nitrogen and oxygen atoms in total. The van der Waals surface area contributed by atoms with Gasteiger partial charge < -0.3 is 20.3 Å². The number of carbonyl (C=O) groups is 2. The van der Waals surface area contributed by atoms with Crippen LogP contribution in [0.4, 0.5) is 5.69 Å². The van der Waals surface area contributed by atoms with E-state index >= 15 is 0 Å². The zero-order valence-electron chi connectivity index (χ0n) is 24.1. The number of nitrogens with zero attached hydrogens (tertiary/aromatic N) is 4. The quantitative estimate of drug-likeness (QED) is 0.340. The topological polar surface area (TPSA) is 111 Å². The Kier molecular flexibility index (Phi) is 9.93. The van der Waals surface area contributed by atoms with Gasteiger partial charge in [-0.25, -0.2) is 4.98 Å². The van der Waals surface area contributed by atoms with Crippen molar-refractivity contribution in [3.63, 3.8) is 0 Å². The number of methoxy groups -OCH3 is 1. The Balaban J connectivity index is 1.39. The molecule has 1 fully saturated rings. The van der Waals surface area contributed by atoms with Crippen LogP contribution in [0.15, 0.2) is 60.7 Å². The number of pyridine rings is 1. The summed E-state index contributed by atoms with van der Waals surface area (Å²) in [6, 6.07) is 17.4. The molecule has 214 valence electrons. The van der Waals surface area contributed by atoms with Crippen molar-refractivity contribution in [3.8, 4) is 23.1 Å². The molecule has 3 aromatic rings. The third kappa shape index (κ3) is 7.62. The highest BCUT2D eigenvalue weighted by molar-refractivity contribution is 5.99. The lowest BCUT2D eigenvalue weighted by atomic mass is 9.93. The second-order valence-corrected chi connectivity index (χ2v) is 10.6. The number of aromatic nitrogens is 1. The SMILES string of the molecule is C=C(C#N)CNc1c(OC)ccc2ccc(-c3cccc(C(=O)NCCC4CCN(CC(=O)N(C)C)CC4)n3)cc12. The Hall–Kier alpha value is -4.42. The molecule has 2 aromatic carbocycles. The van der Waals surface area contributed by atoms with E-state index in [9.17, 15) is 9.59 Å². The van der Waals surface area contributed by atoms with Gasteiger partial charge in [0.15, 0.2) is 0 Å². The average molecular weight is 555 g/mol. The lowest BCUT2D eigenvalue weighted by Gasteiger charge is -2.32. The molecule has 1 saturated heterocycles. The van der Waals surface area contributed by atoms with E-state index in [2.05, 4.69) is 33.2 Å². The molecule has 2 heterocycles. The fourth-order valence-electron chi connectivity index (χ4n) is 5.01. The Labute approximate surface area is 241 Å². The number of fused-ring (bicyclic) bond motifs is 1. The van der Waals surface area contributed by atoms with E-state index in [1.54, 1.807) is 32.2 Å². The summed E-state index contributed by atoms with van der Waals surface area (Å²) in [5.41, 5.74) is 3.11. The van der Waals surface area contributed by atoms with E-state index in [4.69, 9.17) is 10.00 Å². The molecule has 0 atom stereocenters. The first-order valence-corrected chi connectivity index (χ1v) is 13.9. The van der Waals surface area contributed by atoms with Crippen LogP contribution >= 0.6 is 0 Å². The predicted octanol–water partition coefficient (Wildman–Crippen LogP) is 4.32. The molecule has 0 saturated carbocycles. The van der Waals surface area contributed by atoms with Gasteiger partial charge in [0, 0.05) is 43.7 Å². The van der Waals surface area contributed by atoms with Crippen LogP contribution in [0.5, 0.6) is 5.75 Å². The summed E-state index contributed by atoms with van der Waals surface area (Å²) in [5.74, 6) is 1.13. The Morgan fingerprint density at radius 1 is 1.17 bits per heavy atom. The molecule has 2 amide bonds. The summed E-state index contributed by atoms with van der Waals surface area (Å²) in [7, 11) is 5.18. The molecule has 1 aromatic heterocycles. The molecule has 2 N–H and O–H groups in total. The number of ether oxygens (including phenoxy) is 1. The highest BCUT2D eigenvalue weighted by Crippen LogP contribution is 2.35. The molecule has 0 unspecified atom stereocenters. The lowest BCUT2D eigenvalue weighted by molar-refractivity contribution is -0.130. The molecule has 9 heteroatoms. The number of amides is 2. The molecule has 0 radical (unpaired) electrons. The van der Waals surface area contributed by atoms with Gasteiger partial charge in [-0.05, 0) is 67.9 Å². The van der Waals surface area contributed by atoms with Gasteiger partial charge >= 0.3 is 0 Å². The van der Waals surface area contributed by atoms with E-state index in [0.29, 0.717) is 48.3 Å². The van der Waals surface area contributed by atoms with Gasteiger partial charge in [0.2, 0.25) is 5.91 Å². The van der Waals surface area contributed by atoms with Crippen molar-refractivity contribution >= 4 is 28.3 Å². The number of hydrogen-bond donors (Lipinski definition) is 2. The van der Waals surface area contributed by atoms with Crippen LogP contribution < -0.4 is 15.4 Å². The van der Waals surface area contributed by atoms with E-state index in [-0.39, 0.29) is 11.8 Å². The second-order valence-electron chi connectivity index (χ2n) is 10.6. The maximum Gasteiger partial charge on any atom is 0.269 e. The molecule has 41 heavy (non-hydrogen) atoms. The molecule has 1 aliphatic heterocycles. The number of likely N-dealkylation sites (N-methyl/N-ethyl adjacent to an activating group) is 1. The largest absolute Gasteiger partial charge is 0.495 e. The summed E-state index contributed by atoms with van der Waals surface area (Å²) in [6.07, 6.45) is 2.96. The van der Waals surface area contributed by atoms with Crippen molar-refractivity contribution in [3.05, 3.63) is 66.4 Å². The summed E-state index contributed by atoms with van der Waals surface area (Å²) < 4.78 is 5.56. The number of anilines is 1. The molecule has 1 aliphatic rings. The van der Waals surface area contributed by atoms with Gasteiger partial charge in [-0.2, -0.15) is 5.26 Å². The number of rotatable bonds is 11. The summed E-state index contributed by atoms with van der Waals surface area (Å²) in [4.78, 5) is 33.4. The first-order chi connectivity index (χ1) is 19.8. The number of hydrogen-bond acceptors (Lipinski definition) is 7. The summed E-state index contributed by atoms with van der Waals surface area (Å²) in [5, 5.41) is 17.3. The molecule has 0 aliphatic carbocycles. The first-order valence-electron chi connectivity index (χ1n) is 13.9. The smallest absolute Gasteiger partial charge is 0.269 e. The molecule has 4 rings (SSSR count). The number of likely N-dealkylation sites (tertiary alicyclic amines) is 1. The standard InChI is InChI=1S/C32H38N6O3/c1-22(19-33)20-35-31-26-18-25(9-8-24(26)10-11-29(31)41-4)27-6-5-7-28(36-27)32(40)34-15-12-23-13-16-38(17-14-23)21-30(39)37(2)3/h5-11,18,23,35H,1,12-17,20-21H2,2-4H3,(H,34,40). The number of nitriles is 1. The van der Waals surface area contributed by atoms with Gasteiger partial charge in [-0.3, -0.25) is 14.5 Å². The minimum absolute atomic E-state index is 0.132. The van der Waals surface area contributed by atoms with E-state index in [1.165, 1.54) is 0 Å². The molecule has 0 bridgehead atoms. The van der Waals surface area contributed by atoms with Crippen molar-refractivity contribution in [2.75, 3.05) is 59.2 Å². The van der Waals surface area contributed by atoms with Crippen molar-refractivity contribution in [1.82, 2.24) is 20.1 Å². The third-order valence-electron chi connectivity index (χ3n) is 7.52. The lowest BCUT2D eigenvalue weighted by Crippen LogP contribution is -2.41. The van der Waals surface area contributed by atoms with Crippen LogP contribution in [-0.4, -0.2) is 80.5 Å². The normalized spacial score (nSPS) is 13.8. The van der Waals surface area contributed by atoms with Crippen molar-refractivity contribution in [1.29, 1.82) is 5.26 Å². The fraction of sp³-hybridized carbons (Fsp3) is 0.375. The van der Waals surface area contributed by atoms with Gasteiger partial charge in [0.05, 0.1) is 31.1 Å². The van der Waals surface area contributed by atoms with E-state index < -0.39 is 0 Å². The van der Waals surface area contributed by atoms with Crippen molar-refractivity contribution in [2.45, 2.75) is 19.3 Å². The average Bonchev–Trinajstić information content (AvgIpc) is 3.00. The third-order valence-corrected chi connectivity index (χ3v) is 7.52. The van der Waals surface area contributed by atoms with Crippen molar-refractivity contribution < 1.29 is 14.3 Å². The van der Waals surface area contributed by atoms with Crippen LogP contribution in [0, 0.1) is 17.2 Å². The van der Waals surface area contributed by atoms with Gasteiger partial charge in [-0.15, -0.1) is 0 Å². The van der Waals surface area contributed by atoms with Gasteiger partial charge in [-0.1, -0.05) is 30.8 Å². The van der Waals surface area contributed by atoms with Gasteiger partial charge in [0.25, 0.3) is 5.91 Å². The first kappa shape index (κ1) is 29.6. The van der Waals surface area contributed by atoms with Crippen molar-refractivity contribution in [2.24, 2.45) is 5.92 Å². The van der Waals surface area contributed by atoms with Crippen LogP contribution in [0.2, 0.25) is 0 Å². The van der Waals surface area contributed by atoms with Crippen LogP contribution in [0.1, 0.15) is 29.8 Å². The second kappa shape index (κ2) is 13.8. The zero-order chi connectivity index (χ0) is 29.4. The van der Waals surface area contributed by atoms with Crippen LogP contribution in [0.3, 0.4) is 0 Å². The molecular formula is C32H38N6O3. The highest BCUT2D eigenvalue weighted by Gasteiger charge is 2.21. The van der Waals surface area contributed by atoms with Crippen LogP contribution in [-0.2, 0) is 4.79 Å². The molecular weight excluding hydrogens is 516 g/mol. The zero-order valence-corrected chi connectivity index (χ0v) is 24.1. The number of benzene rings is 2. The Morgan fingerprint density at radius 2 is 1.93 bits per heavy atom. The monoisotopic (exact) mass is 554 g/mol. The van der Waals surface area contributed by atoms with E-state index in [1.807, 2.05) is 42.5 Å². The summed E-state index contributed by atoms with van der Waals surface area (Å²) in [6.45, 7) is 6.93. The fourth-order valence-corrected chi connectivity index (χ4v) is 5.01. The highest BCUT2D eigenvalue weighted by atomic mass is 16.5. The van der Waals surface area contributed by atoms with Gasteiger partial charge in [0.1, 0.15) is 11.4 Å². The predicted molar refractivity (Wildman–Crippen MR) is 162 cm³/mol. The van der Waals surface area contributed by atoms with E-state index in [0.717, 1.165) is 54.4 Å². The minimum atomic E-state index is -0.194.